The molecule has 0 spiro atoms. The standard InChI is InChI=1S/C8H8O2/c9-7-4-5-1-2-6(3-5)8(7)10/h1-2,5-6H,3-4H2. The number of Topliss-reactive ketones (excluding diaryl/α,β-unsaturated/α-hetero) is 2. The molecule has 2 nitrogen and oxygen atoms in total. The van der Waals surface area contributed by atoms with E-state index in [4.69, 9.17) is 0 Å². The van der Waals surface area contributed by atoms with Crippen LogP contribution in [0.4, 0.5) is 0 Å². The van der Waals surface area contributed by atoms with Crippen LogP contribution in [0.25, 0.3) is 0 Å². The molecule has 2 aliphatic carbocycles. The van der Waals surface area contributed by atoms with E-state index in [1.54, 1.807) is 0 Å². The fraction of sp³-hybridized carbons (Fsp3) is 0.500. The Morgan fingerprint density at radius 2 is 2.10 bits per heavy atom. The van der Waals surface area contributed by atoms with E-state index in [1.165, 1.54) is 0 Å². The summed E-state index contributed by atoms with van der Waals surface area (Å²) in [5.41, 5.74) is 0. The topological polar surface area (TPSA) is 34.1 Å². The maximum absolute atomic E-state index is 11.0. The lowest BCUT2D eigenvalue weighted by Crippen LogP contribution is -2.27. The van der Waals surface area contributed by atoms with Crippen molar-refractivity contribution in [3.63, 3.8) is 0 Å². The van der Waals surface area contributed by atoms with Crippen molar-refractivity contribution < 1.29 is 9.59 Å². The number of carbonyl (C=O) groups is 2. The number of allylic oxidation sites excluding steroid dienone is 2. The first-order valence-electron chi connectivity index (χ1n) is 3.53. The van der Waals surface area contributed by atoms with Crippen molar-refractivity contribution in [2.24, 2.45) is 11.8 Å². The van der Waals surface area contributed by atoms with E-state index in [0.717, 1.165) is 6.42 Å². The van der Waals surface area contributed by atoms with E-state index < -0.39 is 0 Å². The first-order chi connectivity index (χ1) is 4.77. The Kier molecular flexibility index (Phi) is 1.04. The second-order valence-corrected chi connectivity index (χ2v) is 2.98. The predicted octanol–water partition coefficient (Wildman–Crippen LogP) is 0.721. The van der Waals surface area contributed by atoms with Crippen LogP contribution in [0.5, 0.6) is 0 Å². The summed E-state index contributed by atoms with van der Waals surface area (Å²) in [5.74, 6) is -0.0438. The van der Waals surface area contributed by atoms with E-state index in [-0.39, 0.29) is 17.5 Å². The molecular weight excluding hydrogens is 128 g/mol. The average molecular weight is 136 g/mol. The van der Waals surface area contributed by atoms with E-state index in [9.17, 15) is 9.59 Å². The molecule has 0 heterocycles. The summed E-state index contributed by atoms with van der Waals surface area (Å²) in [6.45, 7) is 0. The summed E-state index contributed by atoms with van der Waals surface area (Å²) < 4.78 is 0. The molecule has 2 aliphatic rings. The van der Waals surface area contributed by atoms with Crippen molar-refractivity contribution in [3.05, 3.63) is 12.2 Å². The van der Waals surface area contributed by atoms with Gasteiger partial charge in [0, 0.05) is 12.3 Å². The third-order valence-corrected chi connectivity index (χ3v) is 2.23. The van der Waals surface area contributed by atoms with Gasteiger partial charge in [0.2, 0.25) is 5.78 Å². The zero-order valence-corrected chi connectivity index (χ0v) is 5.54. The largest absolute Gasteiger partial charge is 0.291 e. The Labute approximate surface area is 58.9 Å². The first-order valence-corrected chi connectivity index (χ1v) is 3.53. The maximum Gasteiger partial charge on any atom is 0.205 e. The van der Waals surface area contributed by atoms with Crippen molar-refractivity contribution in [3.8, 4) is 0 Å². The Morgan fingerprint density at radius 3 is 2.90 bits per heavy atom. The van der Waals surface area contributed by atoms with Crippen LogP contribution in [0.15, 0.2) is 12.2 Å². The molecule has 2 rings (SSSR count). The van der Waals surface area contributed by atoms with Gasteiger partial charge in [-0.05, 0) is 12.3 Å². The summed E-state index contributed by atoms with van der Waals surface area (Å²) in [6.07, 6.45) is 5.20. The van der Waals surface area contributed by atoms with Gasteiger partial charge in [-0.3, -0.25) is 9.59 Å². The van der Waals surface area contributed by atoms with Crippen LogP contribution in [0.1, 0.15) is 12.8 Å². The molecule has 0 aromatic carbocycles. The molecule has 2 unspecified atom stereocenters. The van der Waals surface area contributed by atoms with Gasteiger partial charge in [0.25, 0.3) is 0 Å². The van der Waals surface area contributed by atoms with Crippen LogP contribution < -0.4 is 0 Å². The Bertz CT molecular complexity index is 227. The van der Waals surface area contributed by atoms with Crippen LogP contribution in [0.3, 0.4) is 0 Å². The number of fused-ring (bicyclic) bond motifs is 2. The molecule has 52 valence electrons. The van der Waals surface area contributed by atoms with Crippen LogP contribution >= 0.6 is 0 Å². The Morgan fingerprint density at radius 1 is 1.30 bits per heavy atom. The molecule has 0 saturated heterocycles. The number of hydrogen-bond donors (Lipinski definition) is 0. The number of ketones is 2. The fourth-order valence-electron chi connectivity index (χ4n) is 1.67. The molecule has 1 saturated carbocycles. The third kappa shape index (κ3) is 0.649. The minimum absolute atomic E-state index is 0.0637. The molecule has 2 atom stereocenters. The lowest BCUT2D eigenvalue weighted by molar-refractivity contribution is -0.140. The summed E-state index contributed by atoms with van der Waals surface area (Å²) in [7, 11) is 0. The molecule has 0 amide bonds. The molecule has 2 heteroatoms. The molecule has 0 aromatic rings. The second-order valence-electron chi connectivity index (χ2n) is 2.98. The van der Waals surface area contributed by atoms with Gasteiger partial charge in [0.1, 0.15) is 0 Å². The molecule has 0 aromatic heterocycles. The Hall–Kier alpha value is -0.920. The molecule has 0 aliphatic heterocycles. The lowest BCUT2D eigenvalue weighted by Gasteiger charge is -2.15. The van der Waals surface area contributed by atoms with Gasteiger partial charge in [-0.25, -0.2) is 0 Å². The van der Waals surface area contributed by atoms with Crippen molar-refractivity contribution in [1.82, 2.24) is 0 Å². The number of hydrogen-bond acceptors (Lipinski definition) is 2. The first kappa shape index (κ1) is 5.83. The summed E-state index contributed by atoms with van der Waals surface area (Å²) in [4.78, 5) is 21.8. The van der Waals surface area contributed by atoms with Crippen molar-refractivity contribution in [2.45, 2.75) is 12.8 Å². The van der Waals surface area contributed by atoms with Gasteiger partial charge >= 0.3 is 0 Å². The summed E-state index contributed by atoms with van der Waals surface area (Å²) in [6, 6.07) is 0. The van der Waals surface area contributed by atoms with E-state index in [2.05, 4.69) is 0 Å². The lowest BCUT2D eigenvalue weighted by atomic mass is 9.86. The van der Waals surface area contributed by atoms with Crippen molar-refractivity contribution >= 4 is 11.6 Å². The highest BCUT2D eigenvalue weighted by Crippen LogP contribution is 2.32. The normalized spacial score (nSPS) is 37.2. The minimum atomic E-state index is -0.176. The van der Waals surface area contributed by atoms with E-state index in [1.807, 2.05) is 12.2 Å². The van der Waals surface area contributed by atoms with Gasteiger partial charge in [-0.2, -0.15) is 0 Å². The number of carbonyl (C=O) groups excluding carboxylic acids is 2. The fourth-order valence-corrected chi connectivity index (χ4v) is 1.67. The second kappa shape index (κ2) is 1.78. The van der Waals surface area contributed by atoms with E-state index in [0.29, 0.717) is 12.3 Å². The highest BCUT2D eigenvalue weighted by Gasteiger charge is 2.35. The molecule has 0 radical (unpaired) electrons. The zero-order valence-electron chi connectivity index (χ0n) is 5.54. The van der Waals surface area contributed by atoms with Gasteiger partial charge in [-0.1, -0.05) is 12.2 Å². The van der Waals surface area contributed by atoms with Crippen LogP contribution in [-0.2, 0) is 9.59 Å². The minimum Gasteiger partial charge on any atom is -0.291 e. The third-order valence-electron chi connectivity index (χ3n) is 2.23. The van der Waals surface area contributed by atoms with Gasteiger partial charge in [0.05, 0.1) is 0 Å². The molecule has 10 heavy (non-hydrogen) atoms. The van der Waals surface area contributed by atoms with Gasteiger partial charge in [-0.15, -0.1) is 0 Å². The maximum atomic E-state index is 11.0. The highest BCUT2D eigenvalue weighted by molar-refractivity contribution is 6.39. The monoisotopic (exact) mass is 136 g/mol. The molecule has 2 bridgehead atoms. The summed E-state index contributed by atoms with van der Waals surface area (Å²) >= 11 is 0. The quantitative estimate of drug-likeness (QED) is 0.363. The van der Waals surface area contributed by atoms with E-state index >= 15 is 0 Å². The van der Waals surface area contributed by atoms with Crippen LogP contribution in [0.2, 0.25) is 0 Å². The number of rotatable bonds is 0. The molecule has 0 N–H and O–H groups in total. The molecular formula is C8H8O2. The van der Waals surface area contributed by atoms with Crippen molar-refractivity contribution in [1.29, 1.82) is 0 Å². The van der Waals surface area contributed by atoms with Gasteiger partial charge < -0.3 is 0 Å². The van der Waals surface area contributed by atoms with Crippen LogP contribution in [0, 0.1) is 11.8 Å². The predicted molar refractivity (Wildman–Crippen MR) is 35.4 cm³/mol. The smallest absolute Gasteiger partial charge is 0.205 e. The SMILES string of the molecule is O=C1CC2C=CC(C2)C1=O. The average Bonchev–Trinajstić information content (AvgIpc) is 2.29. The highest BCUT2D eigenvalue weighted by atomic mass is 16.2. The van der Waals surface area contributed by atoms with Crippen molar-refractivity contribution in [2.75, 3.05) is 0 Å². The van der Waals surface area contributed by atoms with Gasteiger partial charge in [0.15, 0.2) is 5.78 Å². The van der Waals surface area contributed by atoms with Crippen LogP contribution in [-0.4, -0.2) is 11.6 Å². The Balaban J connectivity index is 2.32. The summed E-state index contributed by atoms with van der Waals surface area (Å²) in [5, 5.41) is 0. The molecule has 1 fully saturated rings. The zero-order chi connectivity index (χ0) is 7.14.